The van der Waals surface area contributed by atoms with Crippen molar-refractivity contribution in [2.45, 2.75) is 19.7 Å². The van der Waals surface area contributed by atoms with Gasteiger partial charge >= 0.3 is 6.18 Å². The zero-order valence-electron chi connectivity index (χ0n) is 15.0. The van der Waals surface area contributed by atoms with Crippen molar-refractivity contribution in [3.63, 3.8) is 0 Å². The fourth-order valence-corrected chi connectivity index (χ4v) is 2.53. The number of rotatable bonds is 5. The summed E-state index contributed by atoms with van der Waals surface area (Å²) < 4.78 is 54.1. The molecule has 0 bridgehead atoms. The molecule has 0 aliphatic heterocycles. The van der Waals surface area contributed by atoms with Gasteiger partial charge in [0.05, 0.1) is 5.56 Å². The van der Waals surface area contributed by atoms with Crippen LogP contribution in [0.25, 0.3) is 22.8 Å². The molecule has 2 heterocycles. The summed E-state index contributed by atoms with van der Waals surface area (Å²) in [4.78, 5) is 8.22. The first kappa shape index (κ1) is 18.7. The van der Waals surface area contributed by atoms with E-state index in [-0.39, 0.29) is 23.9 Å². The van der Waals surface area contributed by atoms with E-state index in [9.17, 15) is 13.2 Å². The normalized spacial score (nSPS) is 11.6. The summed E-state index contributed by atoms with van der Waals surface area (Å²) in [5.41, 5.74) is 0.183. The summed E-state index contributed by atoms with van der Waals surface area (Å²) in [5, 5.41) is 7.55. The molecule has 0 atom stereocenters. The molecule has 0 aliphatic carbocycles. The van der Waals surface area contributed by atoms with Crippen LogP contribution in [-0.4, -0.2) is 20.3 Å². The second-order valence-electron chi connectivity index (χ2n) is 6.04. The molecule has 7 nitrogen and oxygen atoms in total. The van der Waals surface area contributed by atoms with E-state index in [2.05, 4.69) is 20.3 Å². The van der Waals surface area contributed by atoms with Crippen LogP contribution >= 0.6 is 0 Å². The van der Waals surface area contributed by atoms with E-state index >= 15 is 0 Å². The molecule has 0 radical (unpaired) electrons. The average molecular weight is 402 g/mol. The highest BCUT2D eigenvalue weighted by Crippen LogP contribution is 2.31. The molecule has 10 heteroatoms. The predicted molar refractivity (Wildman–Crippen MR) is 93.5 cm³/mol. The fourth-order valence-electron chi connectivity index (χ4n) is 2.53. The number of aromatic nitrogens is 4. The van der Waals surface area contributed by atoms with E-state index in [1.54, 1.807) is 31.2 Å². The Labute approximate surface area is 162 Å². The fraction of sp³-hybridized carbons (Fsp3) is 0.158. The molecule has 29 heavy (non-hydrogen) atoms. The number of hydrogen-bond acceptors (Lipinski definition) is 7. The number of halogens is 3. The van der Waals surface area contributed by atoms with E-state index in [0.29, 0.717) is 17.5 Å². The summed E-state index contributed by atoms with van der Waals surface area (Å²) >= 11 is 0. The summed E-state index contributed by atoms with van der Waals surface area (Å²) in [7, 11) is 0. The van der Waals surface area contributed by atoms with Crippen LogP contribution < -0.4 is 4.74 Å². The van der Waals surface area contributed by atoms with Crippen LogP contribution in [0.2, 0.25) is 0 Å². The molecular weight excluding hydrogens is 389 g/mol. The van der Waals surface area contributed by atoms with Gasteiger partial charge in [-0.3, -0.25) is 0 Å². The van der Waals surface area contributed by atoms with Gasteiger partial charge in [0.25, 0.3) is 5.89 Å². The molecule has 2 aromatic heterocycles. The van der Waals surface area contributed by atoms with Crippen LogP contribution in [0, 0.1) is 6.92 Å². The van der Waals surface area contributed by atoms with Gasteiger partial charge in [0.15, 0.2) is 6.61 Å². The van der Waals surface area contributed by atoms with Crippen molar-refractivity contribution in [2.75, 3.05) is 0 Å². The first-order valence-corrected chi connectivity index (χ1v) is 8.42. The van der Waals surface area contributed by atoms with Crippen LogP contribution in [0.3, 0.4) is 0 Å². The second-order valence-corrected chi connectivity index (χ2v) is 6.04. The number of aryl methyl sites for hydroxylation is 1. The van der Waals surface area contributed by atoms with E-state index in [1.807, 2.05) is 0 Å². The summed E-state index contributed by atoms with van der Waals surface area (Å²) in [6, 6.07) is 11.7. The van der Waals surface area contributed by atoms with Crippen molar-refractivity contribution in [2.24, 2.45) is 0 Å². The van der Waals surface area contributed by atoms with Crippen molar-refractivity contribution < 1.29 is 27.0 Å². The molecule has 0 amide bonds. The molecule has 2 aromatic carbocycles. The smallest absolute Gasteiger partial charge is 0.416 e. The van der Waals surface area contributed by atoms with E-state index < -0.39 is 11.7 Å². The van der Waals surface area contributed by atoms with Crippen LogP contribution in [0.1, 0.15) is 17.3 Å². The molecule has 4 aromatic rings. The Morgan fingerprint density at radius 1 is 0.897 bits per heavy atom. The van der Waals surface area contributed by atoms with Gasteiger partial charge in [-0.25, -0.2) is 0 Å². The Morgan fingerprint density at radius 3 is 2.31 bits per heavy atom. The van der Waals surface area contributed by atoms with Gasteiger partial charge in [-0.15, -0.1) is 0 Å². The lowest BCUT2D eigenvalue weighted by Crippen LogP contribution is -2.04. The quantitative estimate of drug-likeness (QED) is 0.478. The number of benzene rings is 2. The van der Waals surface area contributed by atoms with Crippen LogP contribution in [0.5, 0.6) is 5.75 Å². The van der Waals surface area contributed by atoms with Crippen molar-refractivity contribution in [1.82, 2.24) is 20.3 Å². The first-order valence-electron chi connectivity index (χ1n) is 8.42. The number of alkyl halides is 3. The van der Waals surface area contributed by atoms with Gasteiger partial charge in [0, 0.05) is 18.1 Å². The number of hydrogen-bond donors (Lipinski definition) is 0. The van der Waals surface area contributed by atoms with Gasteiger partial charge < -0.3 is 13.8 Å². The van der Waals surface area contributed by atoms with Gasteiger partial charge in [0.2, 0.25) is 17.5 Å². The Bertz CT molecular complexity index is 1120. The lowest BCUT2D eigenvalue weighted by molar-refractivity contribution is -0.137. The summed E-state index contributed by atoms with van der Waals surface area (Å²) in [5.74, 6) is 1.66. The second kappa shape index (κ2) is 7.38. The minimum Gasteiger partial charge on any atom is -0.484 e. The van der Waals surface area contributed by atoms with E-state index in [4.69, 9.17) is 13.8 Å². The Hall–Kier alpha value is -3.69. The molecule has 0 spiro atoms. The SMILES string of the molecule is Cc1nc(-c2ccc(OCc3nc(-c4cccc(C(F)(F)F)c4)no3)cc2)no1. The van der Waals surface area contributed by atoms with Gasteiger partial charge in [-0.2, -0.15) is 23.1 Å². The predicted octanol–water partition coefficient (Wildman–Crippen LogP) is 4.69. The van der Waals surface area contributed by atoms with E-state index in [1.165, 1.54) is 12.1 Å². The molecule has 4 rings (SSSR count). The lowest BCUT2D eigenvalue weighted by Gasteiger charge is -2.06. The first-order chi connectivity index (χ1) is 13.9. The Kier molecular flexibility index (Phi) is 4.75. The minimum atomic E-state index is -4.45. The van der Waals surface area contributed by atoms with Gasteiger partial charge in [-0.05, 0) is 36.4 Å². The lowest BCUT2D eigenvalue weighted by atomic mass is 10.1. The van der Waals surface area contributed by atoms with Crippen LogP contribution in [0.15, 0.2) is 57.6 Å². The maximum Gasteiger partial charge on any atom is 0.416 e. The maximum atomic E-state index is 12.8. The van der Waals surface area contributed by atoms with Crippen molar-refractivity contribution in [3.8, 4) is 28.5 Å². The van der Waals surface area contributed by atoms with Crippen LogP contribution in [-0.2, 0) is 12.8 Å². The molecule has 0 saturated carbocycles. The topological polar surface area (TPSA) is 87.1 Å². The molecule has 0 N–H and O–H groups in total. The highest BCUT2D eigenvalue weighted by molar-refractivity contribution is 5.56. The van der Waals surface area contributed by atoms with Gasteiger partial charge in [0.1, 0.15) is 5.75 Å². The molecule has 148 valence electrons. The van der Waals surface area contributed by atoms with E-state index in [0.717, 1.165) is 17.7 Å². The Balaban J connectivity index is 1.42. The number of nitrogens with zero attached hydrogens (tertiary/aromatic N) is 4. The molecule has 0 fully saturated rings. The number of ether oxygens (including phenoxy) is 1. The van der Waals surface area contributed by atoms with Crippen LogP contribution in [0.4, 0.5) is 13.2 Å². The summed E-state index contributed by atoms with van der Waals surface area (Å²) in [6.45, 7) is 1.67. The highest BCUT2D eigenvalue weighted by Gasteiger charge is 2.30. The minimum absolute atomic E-state index is 0.0351. The molecular formula is C19H13F3N4O3. The van der Waals surface area contributed by atoms with Crippen molar-refractivity contribution >= 4 is 0 Å². The van der Waals surface area contributed by atoms with Crippen molar-refractivity contribution in [1.29, 1.82) is 0 Å². The van der Waals surface area contributed by atoms with Gasteiger partial charge in [-0.1, -0.05) is 22.4 Å². The zero-order valence-corrected chi connectivity index (χ0v) is 15.0. The Morgan fingerprint density at radius 2 is 1.62 bits per heavy atom. The maximum absolute atomic E-state index is 12.8. The molecule has 0 unspecified atom stereocenters. The third kappa shape index (κ3) is 4.26. The summed E-state index contributed by atoms with van der Waals surface area (Å²) in [6.07, 6.45) is -4.45. The third-order valence-electron chi connectivity index (χ3n) is 3.92. The molecule has 0 aliphatic rings. The largest absolute Gasteiger partial charge is 0.484 e. The average Bonchev–Trinajstić information content (AvgIpc) is 3.35. The third-order valence-corrected chi connectivity index (χ3v) is 3.92. The van der Waals surface area contributed by atoms with Crippen molar-refractivity contribution in [3.05, 3.63) is 65.9 Å². The standard InChI is InChI=1S/C19H13F3N4O3/c1-11-23-17(25-28-11)12-5-7-15(8-6-12)27-10-16-24-18(26-29-16)13-3-2-4-14(9-13)19(20,21)22/h2-9H,10H2,1H3. The molecule has 0 saturated heterocycles. The zero-order chi connectivity index (χ0) is 20.4. The highest BCUT2D eigenvalue weighted by atomic mass is 19.4. The monoisotopic (exact) mass is 402 g/mol.